The summed E-state index contributed by atoms with van der Waals surface area (Å²) < 4.78 is 0. The summed E-state index contributed by atoms with van der Waals surface area (Å²) in [6, 6.07) is 2.06. The maximum atomic E-state index is 4.14. The smallest absolute Gasteiger partial charge is 0.0877 e. The van der Waals surface area contributed by atoms with Gasteiger partial charge in [-0.05, 0) is 31.9 Å². The van der Waals surface area contributed by atoms with E-state index in [-0.39, 0.29) is 0 Å². The van der Waals surface area contributed by atoms with Crippen LogP contribution < -0.4 is 0 Å². The normalized spacial score (nSPS) is 12.1. The Balaban J connectivity index is 2.84. The standard InChI is InChI=1S/C9H14N2/c1-4-5-7(2)9-6-8(3)10-11-9/h5-6H,4H2,1-3H3,(H,10,11)/b7-5-. The second-order valence-corrected chi connectivity index (χ2v) is 2.73. The lowest BCUT2D eigenvalue weighted by Gasteiger charge is -1.91. The van der Waals surface area contributed by atoms with Crippen LogP contribution in [0.25, 0.3) is 5.57 Å². The average Bonchev–Trinajstić information content (AvgIpc) is 2.36. The number of H-pyrrole nitrogens is 1. The summed E-state index contributed by atoms with van der Waals surface area (Å²) >= 11 is 0. The van der Waals surface area contributed by atoms with Gasteiger partial charge in [-0.1, -0.05) is 13.0 Å². The van der Waals surface area contributed by atoms with Gasteiger partial charge in [-0.25, -0.2) is 0 Å². The molecule has 0 bridgehead atoms. The number of nitrogens with one attached hydrogen (secondary N) is 1. The first-order valence-electron chi connectivity index (χ1n) is 3.93. The summed E-state index contributed by atoms with van der Waals surface area (Å²) in [6.45, 7) is 6.22. The number of rotatable bonds is 2. The van der Waals surface area contributed by atoms with Crippen molar-refractivity contribution in [3.63, 3.8) is 0 Å². The Labute approximate surface area is 67.3 Å². The van der Waals surface area contributed by atoms with Crippen molar-refractivity contribution < 1.29 is 0 Å². The summed E-state index contributed by atoms with van der Waals surface area (Å²) in [5.74, 6) is 0. The second kappa shape index (κ2) is 3.37. The summed E-state index contributed by atoms with van der Waals surface area (Å²) in [5.41, 5.74) is 3.42. The molecule has 2 nitrogen and oxygen atoms in total. The first-order chi connectivity index (χ1) is 5.24. The van der Waals surface area contributed by atoms with Crippen molar-refractivity contribution in [3.8, 4) is 0 Å². The van der Waals surface area contributed by atoms with Crippen LogP contribution >= 0.6 is 0 Å². The van der Waals surface area contributed by atoms with E-state index in [1.807, 2.05) is 6.92 Å². The SMILES string of the molecule is CC/C=C(/C)c1cc(C)[nH]n1. The largest absolute Gasteiger partial charge is 0.282 e. The number of allylic oxidation sites excluding steroid dienone is 2. The van der Waals surface area contributed by atoms with Crippen molar-refractivity contribution in [3.05, 3.63) is 23.5 Å². The van der Waals surface area contributed by atoms with Gasteiger partial charge in [-0.3, -0.25) is 5.10 Å². The molecule has 0 saturated carbocycles. The summed E-state index contributed by atoms with van der Waals surface area (Å²) in [7, 11) is 0. The Morgan fingerprint density at radius 3 is 2.91 bits per heavy atom. The molecule has 1 N–H and O–H groups in total. The van der Waals surface area contributed by atoms with Crippen molar-refractivity contribution in [1.29, 1.82) is 0 Å². The molecule has 1 aromatic heterocycles. The number of aryl methyl sites for hydroxylation is 1. The minimum absolute atomic E-state index is 1.06. The monoisotopic (exact) mass is 150 g/mol. The Morgan fingerprint density at radius 1 is 1.73 bits per heavy atom. The van der Waals surface area contributed by atoms with Gasteiger partial charge >= 0.3 is 0 Å². The van der Waals surface area contributed by atoms with Crippen LogP contribution in [-0.4, -0.2) is 10.2 Å². The first-order valence-corrected chi connectivity index (χ1v) is 3.93. The molecule has 0 radical (unpaired) electrons. The van der Waals surface area contributed by atoms with Crippen LogP contribution in [0.4, 0.5) is 0 Å². The summed E-state index contributed by atoms with van der Waals surface area (Å²) in [4.78, 5) is 0. The molecule has 0 saturated heterocycles. The highest BCUT2D eigenvalue weighted by atomic mass is 15.1. The van der Waals surface area contributed by atoms with Crippen molar-refractivity contribution in [2.75, 3.05) is 0 Å². The van der Waals surface area contributed by atoms with Crippen molar-refractivity contribution in [2.24, 2.45) is 0 Å². The first kappa shape index (κ1) is 8.05. The fraction of sp³-hybridized carbons (Fsp3) is 0.444. The van der Waals surface area contributed by atoms with Gasteiger partial charge in [-0.2, -0.15) is 5.10 Å². The van der Waals surface area contributed by atoms with Crippen LogP contribution in [0.5, 0.6) is 0 Å². The van der Waals surface area contributed by atoms with E-state index in [0.717, 1.165) is 17.8 Å². The van der Waals surface area contributed by atoms with E-state index in [4.69, 9.17) is 0 Å². The van der Waals surface area contributed by atoms with Gasteiger partial charge in [-0.15, -0.1) is 0 Å². The van der Waals surface area contributed by atoms with Crippen LogP contribution in [0.3, 0.4) is 0 Å². The number of nitrogens with zero attached hydrogens (tertiary/aromatic N) is 1. The quantitative estimate of drug-likeness (QED) is 0.689. The topological polar surface area (TPSA) is 28.7 Å². The molecule has 0 aliphatic carbocycles. The molecule has 60 valence electrons. The van der Waals surface area contributed by atoms with E-state index in [1.54, 1.807) is 0 Å². The van der Waals surface area contributed by atoms with Gasteiger partial charge < -0.3 is 0 Å². The molecular formula is C9H14N2. The highest BCUT2D eigenvalue weighted by molar-refractivity contribution is 5.60. The molecule has 1 rings (SSSR count). The van der Waals surface area contributed by atoms with Gasteiger partial charge in [0.25, 0.3) is 0 Å². The molecule has 0 aliphatic rings. The van der Waals surface area contributed by atoms with Crippen LogP contribution in [0, 0.1) is 6.92 Å². The third-order valence-corrected chi connectivity index (χ3v) is 1.62. The molecule has 2 heteroatoms. The zero-order valence-corrected chi connectivity index (χ0v) is 7.31. The van der Waals surface area contributed by atoms with Crippen molar-refractivity contribution >= 4 is 5.57 Å². The average molecular weight is 150 g/mol. The molecule has 0 spiro atoms. The van der Waals surface area contributed by atoms with Crippen LogP contribution in [0.2, 0.25) is 0 Å². The second-order valence-electron chi connectivity index (χ2n) is 2.73. The molecule has 0 unspecified atom stereocenters. The van der Waals surface area contributed by atoms with E-state index in [9.17, 15) is 0 Å². The molecule has 0 fully saturated rings. The van der Waals surface area contributed by atoms with Crippen LogP contribution in [0.15, 0.2) is 12.1 Å². The van der Waals surface area contributed by atoms with E-state index in [1.165, 1.54) is 5.57 Å². The lowest BCUT2D eigenvalue weighted by atomic mass is 10.2. The highest BCUT2D eigenvalue weighted by Gasteiger charge is 1.97. The minimum Gasteiger partial charge on any atom is -0.282 e. The number of hydrogen-bond acceptors (Lipinski definition) is 1. The lowest BCUT2D eigenvalue weighted by molar-refractivity contribution is 1.03. The fourth-order valence-corrected chi connectivity index (χ4v) is 1.03. The van der Waals surface area contributed by atoms with Crippen molar-refractivity contribution in [2.45, 2.75) is 27.2 Å². The van der Waals surface area contributed by atoms with Gasteiger partial charge in [0.2, 0.25) is 0 Å². The molecular weight excluding hydrogens is 136 g/mol. The maximum Gasteiger partial charge on any atom is 0.0877 e. The molecule has 0 aliphatic heterocycles. The maximum absolute atomic E-state index is 4.14. The third-order valence-electron chi connectivity index (χ3n) is 1.62. The Kier molecular flexibility index (Phi) is 2.47. The van der Waals surface area contributed by atoms with Crippen molar-refractivity contribution in [1.82, 2.24) is 10.2 Å². The fourth-order valence-electron chi connectivity index (χ4n) is 1.03. The predicted molar refractivity (Wildman–Crippen MR) is 47.3 cm³/mol. The Hall–Kier alpha value is -1.05. The van der Waals surface area contributed by atoms with E-state index < -0.39 is 0 Å². The zero-order chi connectivity index (χ0) is 8.27. The third kappa shape index (κ3) is 1.93. The van der Waals surface area contributed by atoms with Gasteiger partial charge in [0.05, 0.1) is 5.69 Å². The molecule has 1 aromatic rings. The van der Waals surface area contributed by atoms with Crippen LogP contribution in [0.1, 0.15) is 31.7 Å². The van der Waals surface area contributed by atoms with E-state index in [2.05, 4.69) is 36.2 Å². The molecule has 11 heavy (non-hydrogen) atoms. The minimum atomic E-state index is 1.06. The Bertz CT molecular complexity index is 258. The summed E-state index contributed by atoms with van der Waals surface area (Å²) in [5, 5.41) is 7.06. The van der Waals surface area contributed by atoms with Gasteiger partial charge in [0, 0.05) is 5.69 Å². The van der Waals surface area contributed by atoms with E-state index >= 15 is 0 Å². The number of aromatic nitrogens is 2. The van der Waals surface area contributed by atoms with Gasteiger partial charge in [0.1, 0.15) is 0 Å². The molecule has 0 atom stereocenters. The van der Waals surface area contributed by atoms with Crippen LogP contribution in [-0.2, 0) is 0 Å². The molecule has 1 heterocycles. The molecule has 0 aromatic carbocycles. The highest BCUT2D eigenvalue weighted by Crippen LogP contribution is 2.11. The number of aromatic amines is 1. The van der Waals surface area contributed by atoms with Gasteiger partial charge in [0.15, 0.2) is 0 Å². The zero-order valence-electron chi connectivity index (χ0n) is 7.31. The predicted octanol–water partition coefficient (Wildman–Crippen LogP) is 2.53. The lowest BCUT2D eigenvalue weighted by Crippen LogP contribution is -1.78. The van der Waals surface area contributed by atoms with E-state index in [0.29, 0.717) is 0 Å². The molecule has 0 amide bonds. The summed E-state index contributed by atoms with van der Waals surface area (Å²) in [6.07, 6.45) is 3.24. The number of hydrogen-bond donors (Lipinski definition) is 1. The Morgan fingerprint density at radius 2 is 2.45 bits per heavy atom.